The van der Waals surface area contributed by atoms with Gasteiger partial charge in [0.2, 0.25) is 11.8 Å². The molecular weight excluding hydrogens is 475 g/mol. The summed E-state index contributed by atoms with van der Waals surface area (Å²) < 4.78 is 19.7. The Morgan fingerprint density at radius 3 is 2.54 bits per heavy atom. The number of nitrogens with zero attached hydrogens (tertiary/aromatic N) is 1. The number of aliphatic hydroxyl groups excluding tert-OH is 2. The Kier molecular flexibility index (Phi) is 7.58. The van der Waals surface area contributed by atoms with Crippen LogP contribution in [0, 0.1) is 11.7 Å². The molecule has 3 aliphatic rings. The minimum Gasteiger partial charge on any atom is -0.486 e. The summed E-state index contributed by atoms with van der Waals surface area (Å²) in [5.74, 6) is -0.459. The number of ether oxygens (including phenoxy) is 1. The van der Waals surface area contributed by atoms with Crippen LogP contribution in [0.3, 0.4) is 0 Å². The standard InChI is InChI=1S/C29H33FN2O5/c30-20-11-9-19(10-12-20)17-32(25(34)15-18-5-1-2-6-18)23-16-22(29(36)31-13-14-33)26-21-7-3-4-8-24(21)37-28(26)27(23)35/h3-4,7-12,16,18,23,26-28,33,35H,1-2,5-6,13-15,17H2,(H,31,36)/t23-,26+,27+,28+/m1/s1. The second-order valence-corrected chi connectivity index (χ2v) is 10.2. The van der Waals surface area contributed by atoms with Crippen LogP contribution >= 0.6 is 0 Å². The maximum absolute atomic E-state index is 13.7. The highest BCUT2D eigenvalue weighted by Gasteiger charge is 2.50. The SMILES string of the molecule is O=C(NCCO)C1=C[C@@H](N(Cc2ccc(F)cc2)C(=O)CC2CCCC2)[C@H](O)[C@H]2Oc3ccccc3[C@@H]12. The Balaban J connectivity index is 1.52. The van der Waals surface area contributed by atoms with Crippen molar-refractivity contribution in [2.45, 2.75) is 62.8 Å². The van der Waals surface area contributed by atoms with Crippen molar-refractivity contribution in [2.24, 2.45) is 5.92 Å². The van der Waals surface area contributed by atoms with Crippen LogP contribution < -0.4 is 10.1 Å². The third kappa shape index (κ3) is 5.26. The lowest BCUT2D eigenvalue weighted by molar-refractivity contribution is -0.139. The van der Waals surface area contributed by atoms with Gasteiger partial charge >= 0.3 is 0 Å². The smallest absolute Gasteiger partial charge is 0.247 e. The lowest BCUT2D eigenvalue weighted by atomic mass is 9.77. The maximum Gasteiger partial charge on any atom is 0.247 e. The molecule has 0 radical (unpaired) electrons. The first-order valence-electron chi connectivity index (χ1n) is 13.0. The number of para-hydroxylation sites is 1. The molecule has 1 fully saturated rings. The minimum atomic E-state index is -1.08. The normalized spacial score (nSPS) is 24.6. The molecular formula is C29H33FN2O5. The molecule has 0 unspecified atom stereocenters. The van der Waals surface area contributed by atoms with E-state index in [2.05, 4.69) is 5.32 Å². The fraction of sp³-hybridized carbons (Fsp3) is 0.448. The van der Waals surface area contributed by atoms with Gasteiger partial charge in [-0.2, -0.15) is 0 Å². The molecule has 196 valence electrons. The second kappa shape index (κ2) is 11.0. The van der Waals surface area contributed by atoms with Gasteiger partial charge in [0.1, 0.15) is 23.8 Å². The van der Waals surface area contributed by atoms with E-state index in [1.807, 2.05) is 18.2 Å². The van der Waals surface area contributed by atoms with E-state index in [4.69, 9.17) is 4.74 Å². The summed E-state index contributed by atoms with van der Waals surface area (Å²) in [6.45, 7) is 0.0476. The van der Waals surface area contributed by atoms with Crippen LogP contribution in [0.25, 0.3) is 0 Å². The molecule has 0 saturated heterocycles. The molecule has 1 heterocycles. The monoisotopic (exact) mass is 508 g/mol. The van der Waals surface area contributed by atoms with Crippen LogP contribution in [0.2, 0.25) is 0 Å². The van der Waals surface area contributed by atoms with Gasteiger partial charge in [0.05, 0.1) is 18.6 Å². The first-order valence-corrected chi connectivity index (χ1v) is 13.0. The van der Waals surface area contributed by atoms with Crippen molar-refractivity contribution in [1.29, 1.82) is 0 Å². The van der Waals surface area contributed by atoms with Crippen molar-refractivity contribution in [2.75, 3.05) is 13.2 Å². The third-order valence-electron chi connectivity index (χ3n) is 7.76. The topological polar surface area (TPSA) is 99.1 Å². The molecule has 1 aliphatic heterocycles. The van der Waals surface area contributed by atoms with Crippen LogP contribution in [0.5, 0.6) is 5.75 Å². The van der Waals surface area contributed by atoms with Gasteiger partial charge in [-0.1, -0.05) is 43.2 Å². The summed E-state index contributed by atoms with van der Waals surface area (Å²) in [5, 5.41) is 23.6. The zero-order chi connectivity index (χ0) is 25.9. The van der Waals surface area contributed by atoms with Crippen LogP contribution in [0.4, 0.5) is 4.39 Å². The van der Waals surface area contributed by atoms with Gasteiger partial charge in [-0.05, 0) is 48.6 Å². The van der Waals surface area contributed by atoms with Gasteiger partial charge in [0.25, 0.3) is 0 Å². The molecule has 37 heavy (non-hydrogen) atoms. The number of fused-ring (bicyclic) bond motifs is 3. The second-order valence-electron chi connectivity index (χ2n) is 10.2. The number of amides is 2. The number of hydrogen-bond acceptors (Lipinski definition) is 5. The van der Waals surface area contributed by atoms with Gasteiger partial charge in [0, 0.05) is 30.6 Å². The molecule has 8 heteroatoms. The molecule has 0 bridgehead atoms. The third-order valence-corrected chi connectivity index (χ3v) is 7.76. The molecule has 2 aromatic carbocycles. The van der Waals surface area contributed by atoms with Crippen molar-refractivity contribution in [1.82, 2.24) is 10.2 Å². The number of rotatable bonds is 8. The lowest BCUT2D eigenvalue weighted by Gasteiger charge is -2.41. The molecule has 0 spiro atoms. The average Bonchev–Trinajstić information content (AvgIpc) is 3.56. The van der Waals surface area contributed by atoms with Gasteiger partial charge in [0.15, 0.2) is 0 Å². The molecule has 3 N–H and O–H groups in total. The van der Waals surface area contributed by atoms with Gasteiger partial charge in [-0.25, -0.2) is 4.39 Å². The quantitative estimate of drug-likeness (QED) is 0.509. The Morgan fingerprint density at radius 2 is 1.81 bits per heavy atom. The highest BCUT2D eigenvalue weighted by Crippen LogP contribution is 2.47. The first kappa shape index (κ1) is 25.4. The molecule has 1 saturated carbocycles. The Morgan fingerprint density at radius 1 is 1.08 bits per heavy atom. The largest absolute Gasteiger partial charge is 0.486 e. The summed E-state index contributed by atoms with van der Waals surface area (Å²) in [6, 6.07) is 12.5. The molecule has 2 amide bonds. The summed E-state index contributed by atoms with van der Waals surface area (Å²) in [5.41, 5.74) is 1.93. The van der Waals surface area contributed by atoms with Crippen LogP contribution in [0.15, 0.2) is 60.2 Å². The number of carbonyl (C=O) groups excluding carboxylic acids is 2. The summed E-state index contributed by atoms with van der Waals surface area (Å²) in [4.78, 5) is 28.6. The van der Waals surface area contributed by atoms with E-state index < -0.39 is 24.2 Å². The summed E-state index contributed by atoms with van der Waals surface area (Å²) in [6.07, 6.45) is 4.41. The lowest BCUT2D eigenvalue weighted by Crippen LogP contribution is -2.55. The predicted octanol–water partition coefficient (Wildman–Crippen LogP) is 3.06. The zero-order valence-corrected chi connectivity index (χ0v) is 20.7. The number of nitrogens with one attached hydrogen (secondary N) is 1. The number of aliphatic hydroxyl groups is 2. The van der Waals surface area contributed by atoms with Crippen molar-refractivity contribution in [3.63, 3.8) is 0 Å². The van der Waals surface area contributed by atoms with E-state index in [0.717, 1.165) is 36.8 Å². The van der Waals surface area contributed by atoms with Gasteiger partial charge in [-0.15, -0.1) is 0 Å². The van der Waals surface area contributed by atoms with Crippen LogP contribution in [0.1, 0.15) is 49.1 Å². The fourth-order valence-corrected chi connectivity index (χ4v) is 5.92. The molecule has 0 aromatic heterocycles. The molecule has 5 rings (SSSR count). The zero-order valence-electron chi connectivity index (χ0n) is 20.7. The van der Waals surface area contributed by atoms with Gasteiger partial charge < -0.3 is 25.2 Å². The minimum absolute atomic E-state index is 0.0865. The average molecular weight is 509 g/mol. The maximum atomic E-state index is 13.7. The Bertz CT molecular complexity index is 1160. The van der Waals surface area contributed by atoms with Crippen molar-refractivity contribution < 1.29 is 28.9 Å². The predicted molar refractivity (Wildman–Crippen MR) is 135 cm³/mol. The van der Waals surface area contributed by atoms with E-state index in [1.165, 1.54) is 12.1 Å². The first-order chi connectivity index (χ1) is 18.0. The summed E-state index contributed by atoms with van der Waals surface area (Å²) >= 11 is 0. The number of carbonyl (C=O) groups is 2. The molecule has 7 nitrogen and oxygen atoms in total. The fourth-order valence-electron chi connectivity index (χ4n) is 5.92. The Labute approximate surface area is 215 Å². The van der Waals surface area contributed by atoms with E-state index in [1.54, 1.807) is 29.2 Å². The number of benzene rings is 2. The highest BCUT2D eigenvalue weighted by atomic mass is 19.1. The van der Waals surface area contributed by atoms with Crippen molar-refractivity contribution in [3.8, 4) is 5.75 Å². The molecule has 2 aliphatic carbocycles. The van der Waals surface area contributed by atoms with Gasteiger partial charge in [-0.3, -0.25) is 9.59 Å². The van der Waals surface area contributed by atoms with E-state index in [-0.39, 0.29) is 37.3 Å². The van der Waals surface area contributed by atoms with E-state index in [0.29, 0.717) is 23.7 Å². The van der Waals surface area contributed by atoms with Crippen LogP contribution in [-0.4, -0.2) is 58.3 Å². The van der Waals surface area contributed by atoms with Crippen molar-refractivity contribution in [3.05, 3.63) is 77.1 Å². The Hall–Kier alpha value is -3.23. The van der Waals surface area contributed by atoms with E-state index >= 15 is 0 Å². The molecule has 2 aromatic rings. The highest BCUT2D eigenvalue weighted by molar-refractivity contribution is 5.96. The number of halogens is 1. The summed E-state index contributed by atoms with van der Waals surface area (Å²) in [7, 11) is 0. The molecule has 4 atom stereocenters. The van der Waals surface area contributed by atoms with Crippen LogP contribution in [-0.2, 0) is 16.1 Å². The van der Waals surface area contributed by atoms with E-state index in [9.17, 15) is 24.2 Å². The van der Waals surface area contributed by atoms with Crippen molar-refractivity contribution >= 4 is 11.8 Å². The number of hydrogen-bond donors (Lipinski definition) is 3.